The standard InChI is InChI=1S/C42H71N3O34S/c1-10(51)43-19-25(57)32(16(7-49)69-37(19)64)75-41-30(62)35(23(55)14(5-47)71-41)78-38-20(44-11(2)52)26(58)33(17(8-50)73-38)76-42-31(63)36(24(56)15(6-48)72-42)79-39-21(45-12(3)53)27(59)34(18(74-39)9-68-80(65,66)67)77-40-29(61)28(60)22(54)13(4-46)70-40/h13-42,46-50,54-64H,4-9H2,1-3H3,(H,43,51)(H,44,52)(H,45,53)(H,65,66,67)/t13-,14-,15-,16-,17-,18-,19-,20-,21-,22+,23+,24+,25-,26-,27-,28+,29-,30-,31-,32-,33-,34-,35+,36+,37-,38+,39+,40+,41+,42+/m1/s1. The number of aliphatic hydroxyl groups excluding tert-OH is 16. The quantitative estimate of drug-likeness (QED) is 0.0475. The molecular weight excluding hydrogens is 1120 g/mol. The normalized spacial score (nSPS) is 46.5. The predicted octanol–water partition coefficient (Wildman–Crippen LogP) is -13.8. The van der Waals surface area contributed by atoms with Gasteiger partial charge >= 0.3 is 10.4 Å². The Morgan fingerprint density at radius 1 is 0.375 bits per heavy atom. The molecule has 0 aromatic carbocycles. The van der Waals surface area contributed by atoms with E-state index < -0.39 is 252 Å². The molecule has 0 spiro atoms. The number of hydrogen-bond acceptors (Lipinski definition) is 33. The minimum Gasteiger partial charge on any atom is -0.394 e. The zero-order chi connectivity index (χ0) is 59.4. The van der Waals surface area contributed by atoms with Crippen LogP contribution in [0.1, 0.15) is 20.8 Å². The van der Waals surface area contributed by atoms with Crippen molar-refractivity contribution in [2.75, 3.05) is 39.6 Å². The fraction of sp³-hybridized carbons (Fsp3) is 0.929. The van der Waals surface area contributed by atoms with E-state index in [0.717, 1.165) is 20.8 Å². The van der Waals surface area contributed by atoms with Gasteiger partial charge in [0.2, 0.25) is 17.7 Å². The van der Waals surface area contributed by atoms with Gasteiger partial charge in [0.25, 0.3) is 0 Å². The summed E-state index contributed by atoms with van der Waals surface area (Å²) in [6.45, 7) is -3.42. The molecule has 6 rings (SSSR count). The number of carbonyl (C=O) groups excluding carboxylic acids is 3. The Kier molecular flexibility index (Phi) is 23.5. The summed E-state index contributed by atoms with van der Waals surface area (Å²) >= 11 is 0. The van der Waals surface area contributed by atoms with E-state index in [4.69, 9.17) is 52.1 Å². The Labute approximate surface area is 453 Å². The van der Waals surface area contributed by atoms with Crippen molar-refractivity contribution in [1.29, 1.82) is 0 Å². The monoisotopic (exact) mass is 1190 g/mol. The maximum absolute atomic E-state index is 12.7. The number of hydrogen-bond donors (Lipinski definition) is 20. The van der Waals surface area contributed by atoms with Gasteiger partial charge in [-0.25, -0.2) is 4.18 Å². The molecule has 3 amide bonds. The molecule has 0 bridgehead atoms. The number of ether oxygens (including phenoxy) is 11. The molecule has 6 fully saturated rings. The van der Waals surface area contributed by atoms with Crippen LogP contribution in [0.15, 0.2) is 0 Å². The summed E-state index contributed by atoms with van der Waals surface area (Å²) in [7, 11) is -5.33. The van der Waals surface area contributed by atoms with Crippen molar-refractivity contribution in [3.05, 3.63) is 0 Å². The second-order valence-corrected chi connectivity index (χ2v) is 20.6. The molecule has 38 heteroatoms. The van der Waals surface area contributed by atoms with Crippen LogP contribution in [0.25, 0.3) is 0 Å². The highest BCUT2D eigenvalue weighted by molar-refractivity contribution is 7.80. The van der Waals surface area contributed by atoms with Gasteiger partial charge in [-0.1, -0.05) is 0 Å². The molecule has 6 aliphatic heterocycles. The third-order valence-corrected chi connectivity index (χ3v) is 14.3. The largest absolute Gasteiger partial charge is 0.397 e. The second kappa shape index (κ2) is 28.4. The fourth-order valence-corrected chi connectivity index (χ4v) is 10.2. The third kappa shape index (κ3) is 15.2. The molecule has 30 atom stereocenters. The first-order chi connectivity index (χ1) is 37.6. The van der Waals surface area contributed by atoms with Crippen LogP contribution in [0.3, 0.4) is 0 Å². The SMILES string of the molecule is CC(=O)N[C@@H]1[C@@H](O)[C@H](O[C@@H]2O[C@H](CO)[C@H](O)[C@H](O[C@@H]3O[C@H](CO)[C@@H](O[C@@H]4O[C@H](CO)[C@H](O)[C@H](O[C@@H]5O[C@H](COS(=O)(=O)O)[C@@H](O[C@@H]6O[C@H](CO)[C@H](O)[C@H](O)[C@H]6O)[C@H](O)[C@H]5NC(C)=O)[C@H]4O)[C@H](O)[C@H]3NC(C)=O)[C@H]2O)[C@@H](CO)O[C@H]1O. The van der Waals surface area contributed by atoms with Crippen LogP contribution < -0.4 is 16.0 Å². The highest BCUT2D eigenvalue weighted by Gasteiger charge is 2.58. The molecule has 6 saturated heterocycles. The lowest BCUT2D eigenvalue weighted by molar-refractivity contribution is -0.385. The lowest BCUT2D eigenvalue weighted by atomic mass is 9.93. The number of carbonyl (C=O) groups is 3. The molecule has 20 N–H and O–H groups in total. The van der Waals surface area contributed by atoms with Crippen LogP contribution in [0, 0.1) is 0 Å². The van der Waals surface area contributed by atoms with Crippen LogP contribution >= 0.6 is 0 Å². The zero-order valence-electron chi connectivity index (χ0n) is 42.5. The van der Waals surface area contributed by atoms with Crippen molar-refractivity contribution in [3.8, 4) is 0 Å². The average molecular weight is 1190 g/mol. The molecular formula is C42H71N3O34S. The first-order valence-corrected chi connectivity index (χ1v) is 26.1. The molecule has 37 nitrogen and oxygen atoms in total. The first kappa shape index (κ1) is 66.3. The lowest BCUT2D eigenvalue weighted by Gasteiger charge is -2.51. The summed E-state index contributed by atoms with van der Waals surface area (Å²) < 4.78 is 100. The Bertz CT molecular complexity index is 2130. The summed E-state index contributed by atoms with van der Waals surface area (Å²) in [5.74, 6) is -2.56. The summed E-state index contributed by atoms with van der Waals surface area (Å²) in [5.41, 5.74) is 0. The van der Waals surface area contributed by atoms with Gasteiger partial charge in [0.05, 0.1) is 39.6 Å². The summed E-state index contributed by atoms with van der Waals surface area (Å²) in [6.07, 6.45) is -53.6. The molecule has 464 valence electrons. The van der Waals surface area contributed by atoms with Gasteiger partial charge < -0.3 is 150 Å². The maximum atomic E-state index is 12.7. The first-order valence-electron chi connectivity index (χ1n) is 24.8. The van der Waals surface area contributed by atoms with Crippen LogP contribution in [0.4, 0.5) is 0 Å². The molecule has 80 heavy (non-hydrogen) atoms. The highest BCUT2D eigenvalue weighted by Crippen LogP contribution is 2.37. The van der Waals surface area contributed by atoms with Gasteiger partial charge in [-0.05, 0) is 0 Å². The topological polar surface area (TPSA) is 576 Å². The van der Waals surface area contributed by atoms with E-state index >= 15 is 0 Å². The average Bonchev–Trinajstić information content (AvgIpc) is 3.56. The minimum absolute atomic E-state index is 0.730. The Morgan fingerprint density at radius 3 is 1.07 bits per heavy atom. The van der Waals surface area contributed by atoms with E-state index in [2.05, 4.69) is 20.1 Å². The molecule has 6 heterocycles. The minimum atomic E-state index is -5.33. The van der Waals surface area contributed by atoms with E-state index in [0.29, 0.717) is 0 Å². The van der Waals surface area contributed by atoms with Crippen molar-refractivity contribution >= 4 is 28.1 Å². The zero-order valence-corrected chi connectivity index (χ0v) is 43.3. The summed E-state index contributed by atoms with van der Waals surface area (Å²) in [6, 6.07) is -5.33. The van der Waals surface area contributed by atoms with Crippen molar-refractivity contribution in [1.82, 2.24) is 16.0 Å². The van der Waals surface area contributed by atoms with Gasteiger partial charge in [0, 0.05) is 20.8 Å². The van der Waals surface area contributed by atoms with Gasteiger partial charge in [-0.3, -0.25) is 18.9 Å². The van der Waals surface area contributed by atoms with E-state index in [1.54, 1.807) is 0 Å². The van der Waals surface area contributed by atoms with E-state index in [-0.39, 0.29) is 0 Å². The Morgan fingerprint density at radius 2 is 0.688 bits per heavy atom. The van der Waals surface area contributed by atoms with Crippen LogP contribution in [-0.4, -0.2) is 336 Å². The Balaban J connectivity index is 1.24. The van der Waals surface area contributed by atoms with Crippen molar-refractivity contribution in [2.45, 2.75) is 205 Å². The fourth-order valence-electron chi connectivity index (χ4n) is 9.87. The number of aliphatic hydroxyl groups is 16. The predicted molar refractivity (Wildman–Crippen MR) is 244 cm³/mol. The smallest absolute Gasteiger partial charge is 0.394 e. The molecule has 0 saturated carbocycles. The van der Waals surface area contributed by atoms with E-state index in [9.17, 15) is 109 Å². The van der Waals surface area contributed by atoms with E-state index in [1.807, 2.05) is 0 Å². The number of rotatable bonds is 21. The maximum Gasteiger partial charge on any atom is 0.397 e. The Hall–Kier alpha value is -2.80. The molecule has 0 aliphatic carbocycles. The van der Waals surface area contributed by atoms with Crippen LogP contribution in [-0.2, 0) is 81.1 Å². The van der Waals surface area contributed by atoms with Crippen LogP contribution in [0.5, 0.6) is 0 Å². The van der Waals surface area contributed by atoms with Gasteiger partial charge in [0.1, 0.15) is 146 Å². The van der Waals surface area contributed by atoms with Gasteiger partial charge in [-0.2, -0.15) is 8.42 Å². The molecule has 0 aromatic heterocycles. The van der Waals surface area contributed by atoms with Crippen molar-refractivity contribution in [3.63, 3.8) is 0 Å². The molecule has 0 unspecified atom stereocenters. The van der Waals surface area contributed by atoms with E-state index in [1.165, 1.54) is 0 Å². The van der Waals surface area contributed by atoms with Crippen LogP contribution in [0.2, 0.25) is 0 Å². The van der Waals surface area contributed by atoms with Gasteiger partial charge in [0.15, 0.2) is 37.7 Å². The van der Waals surface area contributed by atoms with Crippen molar-refractivity contribution in [2.24, 2.45) is 0 Å². The number of amides is 3. The summed E-state index contributed by atoms with van der Waals surface area (Å²) in [5, 5.41) is 180. The van der Waals surface area contributed by atoms with Crippen molar-refractivity contribution < 1.29 is 165 Å². The lowest BCUT2D eigenvalue weighted by Crippen LogP contribution is -2.71. The molecule has 6 aliphatic rings. The second-order valence-electron chi connectivity index (χ2n) is 19.5. The molecule has 0 radical (unpaired) electrons. The third-order valence-electron chi connectivity index (χ3n) is 13.8. The van der Waals surface area contributed by atoms with Gasteiger partial charge in [-0.15, -0.1) is 0 Å². The highest BCUT2D eigenvalue weighted by atomic mass is 32.3. The molecule has 0 aromatic rings. The summed E-state index contributed by atoms with van der Waals surface area (Å²) in [4.78, 5) is 37.1. The number of nitrogens with one attached hydrogen (secondary N) is 3.